The number of alkyl halides is 5. The van der Waals surface area contributed by atoms with E-state index < -0.39 is 14.5 Å². The summed E-state index contributed by atoms with van der Waals surface area (Å²) < 4.78 is 41.0. The second-order valence-electron chi connectivity index (χ2n) is 1.35. The van der Waals surface area contributed by atoms with Crippen molar-refractivity contribution in [3.05, 3.63) is 0 Å². The molecule has 0 saturated carbocycles. The molecule has 0 radical (unpaired) electrons. The van der Waals surface area contributed by atoms with Crippen LogP contribution in [0.5, 0.6) is 0 Å². The van der Waals surface area contributed by atoms with Crippen molar-refractivity contribution in [3.63, 3.8) is 0 Å². The summed E-state index contributed by atoms with van der Waals surface area (Å²) in [7, 11) is 0. The summed E-state index contributed by atoms with van der Waals surface area (Å²) in [5.41, 5.74) is 0. The van der Waals surface area contributed by atoms with E-state index in [-0.39, 0.29) is 0 Å². The van der Waals surface area contributed by atoms with Gasteiger partial charge in [0.05, 0.1) is 0 Å². The molecule has 60 valence electrons. The predicted octanol–water partition coefficient (Wildman–Crippen LogP) is 2.57. The van der Waals surface area contributed by atoms with E-state index in [1.54, 1.807) is 0 Å². The van der Waals surface area contributed by atoms with Gasteiger partial charge in [-0.3, -0.25) is 4.79 Å². The van der Waals surface area contributed by atoms with Gasteiger partial charge in [-0.05, 0) is 38.5 Å². The summed E-state index contributed by atoms with van der Waals surface area (Å²) in [5, 5.41) is 0. The molecule has 1 unspecified atom stereocenters. The highest BCUT2D eigenvalue weighted by atomic mass is 127. The van der Waals surface area contributed by atoms with Gasteiger partial charge in [-0.25, -0.2) is 4.39 Å². The summed E-state index contributed by atoms with van der Waals surface area (Å²) in [6.07, 6.45) is -5.16. The van der Waals surface area contributed by atoms with E-state index in [1.165, 1.54) is 0 Å². The van der Waals surface area contributed by atoms with E-state index >= 15 is 0 Å². The Labute approximate surface area is 75.4 Å². The van der Waals surface area contributed by atoms with E-state index in [0.717, 1.165) is 0 Å². The zero-order valence-electron chi connectivity index (χ0n) is 4.18. The van der Waals surface area contributed by atoms with Crippen molar-refractivity contribution in [2.24, 2.45) is 0 Å². The Morgan fingerprint density at radius 2 is 1.60 bits per heavy atom. The molecule has 0 amide bonds. The predicted molar refractivity (Wildman–Crippen MR) is 37.8 cm³/mol. The Morgan fingerprint density at radius 3 is 1.60 bits per heavy atom. The molecule has 0 fully saturated rings. The maximum atomic E-state index is 12.2. The molecule has 0 bridgehead atoms. The van der Waals surface area contributed by atoms with Gasteiger partial charge < -0.3 is 0 Å². The minimum atomic E-state index is -5.16. The normalized spacial score (nSPS) is 18.2. The molecule has 0 saturated heterocycles. The fourth-order valence-electron chi connectivity index (χ4n) is 0.111. The van der Waals surface area contributed by atoms with E-state index in [1.807, 2.05) is 15.9 Å². The van der Waals surface area contributed by atoms with Crippen LogP contribution in [0.25, 0.3) is 0 Å². The van der Waals surface area contributed by atoms with E-state index in [0.29, 0.717) is 22.6 Å². The number of halogens is 6. The molecule has 0 aromatic heterocycles. The summed E-state index contributed by atoms with van der Waals surface area (Å²) >= 11 is 2.27. The summed E-state index contributed by atoms with van der Waals surface area (Å²) in [6.45, 7) is 0. The van der Waals surface area contributed by atoms with Crippen LogP contribution in [0.3, 0.4) is 0 Å². The molecule has 1 nitrogen and oxygen atoms in total. The molecule has 0 aromatic rings. The van der Waals surface area contributed by atoms with Gasteiger partial charge in [0.2, 0.25) is 0 Å². The van der Waals surface area contributed by atoms with Crippen molar-refractivity contribution >= 4 is 43.2 Å². The maximum absolute atomic E-state index is 12.2. The lowest BCUT2D eigenvalue weighted by Crippen LogP contribution is -2.39. The molecule has 0 rings (SSSR count). The average molecular weight is 335 g/mol. The zero-order chi connectivity index (χ0) is 8.58. The number of hydrogen-bond donors (Lipinski definition) is 0. The lowest BCUT2D eigenvalue weighted by atomic mass is 10.4. The minimum absolute atomic E-state index is 0.384. The van der Waals surface area contributed by atoms with Gasteiger partial charge >= 0.3 is 9.85 Å². The first-order chi connectivity index (χ1) is 4.19. The first-order valence-electron chi connectivity index (χ1n) is 1.84. The molecule has 7 heteroatoms. The summed E-state index contributed by atoms with van der Waals surface area (Å²) in [4.78, 5) is 9.93. The Morgan fingerprint density at radius 1 is 1.30 bits per heavy atom. The monoisotopic (exact) mass is 334 g/mol. The van der Waals surface area contributed by atoms with Crippen LogP contribution >= 0.6 is 38.5 Å². The molecule has 10 heavy (non-hydrogen) atoms. The van der Waals surface area contributed by atoms with Gasteiger partial charge in [0.15, 0.2) is 0 Å². The van der Waals surface area contributed by atoms with Crippen molar-refractivity contribution in [2.45, 2.75) is 9.85 Å². The van der Waals surface area contributed by atoms with E-state index in [9.17, 15) is 22.4 Å². The van der Waals surface area contributed by atoms with Crippen LogP contribution in [-0.2, 0) is 4.79 Å². The van der Waals surface area contributed by atoms with Gasteiger partial charge in [-0.1, -0.05) is 0 Å². The molecular weight excluding hydrogens is 335 g/mol. The van der Waals surface area contributed by atoms with Gasteiger partial charge in [0.1, 0.15) is 0 Å². The third-order valence-electron chi connectivity index (χ3n) is 0.603. The molecule has 1 atom stereocenters. The number of hydrogen-bond acceptors (Lipinski definition) is 1. The molecule has 0 N–H and O–H groups in total. The molecule has 0 aliphatic carbocycles. The second-order valence-corrected chi connectivity index (χ2v) is 3.55. The zero-order valence-corrected chi connectivity index (χ0v) is 7.92. The summed E-state index contributed by atoms with van der Waals surface area (Å²) in [5.74, 6) is 0. The van der Waals surface area contributed by atoms with Gasteiger partial charge in [-0.2, -0.15) is 13.2 Å². The highest BCUT2D eigenvalue weighted by Crippen LogP contribution is 2.41. The highest BCUT2D eigenvalue weighted by molar-refractivity contribution is 14.1. The quantitative estimate of drug-likeness (QED) is 0.312. The molecular formula is C3BrF4IO. The van der Waals surface area contributed by atoms with Crippen molar-refractivity contribution in [1.82, 2.24) is 0 Å². The first-order valence-corrected chi connectivity index (χ1v) is 3.71. The number of carbonyl (C=O) groups is 1. The van der Waals surface area contributed by atoms with Crippen LogP contribution in [-0.4, -0.2) is 14.5 Å². The minimum Gasteiger partial charge on any atom is -0.282 e. The Bertz CT molecular complexity index is 153. The van der Waals surface area contributed by atoms with Crippen molar-refractivity contribution in [2.75, 3.05) is 0 Å². The Balaban J connectivity index is 4.57. The lowest BCUT2D eigenvalue weighted by Gasteiger charge is -2.16. The fraction of sp³-hybridized carbons (Fsp3) is 0.667. The Kier molecular flexibility index (Phi) is 3.09. The van der Waals surface area contributed by atoms with Crippen LogP contribution in [0.2, 0.25) is 0 Å². The van der Waals surface area contributed by atoms with Crippen molar-refractivity contribution in [3.8, 4) is 0 Å². The van der Waals surface area contributed by atoms with Crippen LogP contribution in [0.1, 0.15) is 0 Å². The average Bonchev–Trinajstić information content (AvgIpc) is 1.62. The largest absolute Gasteiger partial charge is 0.440 e. The van der Waals surface area contributed by atoms with Gasteiger partial charge in [0.25, 0.3) is 4.69 Å². The van der Waals surface area contributed by atoms with Gasteiger partial charge in [0, 0.05) is 0 Å². The van der Waals surface area contributed by atoms with Crippen LogP contribution in [0.4, 0.5) is 17.6 Å². The third-order valence-corrected chi connectivity index (χ3v) is 2.99. The summed E-state index contributed by atoms with van der Waals surface area (Å²) in [6, 6.07) is 0. The smallest absolute Gasteiger partial charge is 0.282 e. The van der Waals surface area contributed by atoms with Crippen molar-refractivity contribution < 1.29 is 22.4 Å². The molecule has 0 aromatic carbocycles. The molecule has 0 aliphatic heterocycles. The fourth-order valence-corrected chi connectivity index (χ4v) is 0.336. The third kappa shape index (κ3) is 2.04. The number of carbonyl (C=O) groups excluding carboxylic acids is 1. The van der Waals surface area contributed by atoms with Crippen molar-refractivity contribution in [1.29, 1.82) is 0 Å². The number of rotatable bonds is 1. The lowest BCUT2D eigenvalue weighted by molar-refractivity contribution is -0.185. The van der Waals surface area contributed by atoms with Gasteiger partial charge in [-0.15, -0.1) is 0 Å². The molecule has 0 heterocycles. The SMILES string of the molecule is O=C(Br)C(F)(I)C(F)(F)F. The van der Waals surface area contributed by atoms with E-state index in [2.05, 4.69) is 0 Å². The second kappa shape index (κ2) is 2.92. The van der Waals surface area contributed by atoms with Crippen LogP contribution in [0.15, 0.2) is 0 Å². The molecule has 0 aliphatic rings. The molecule has 0 spiro atoms. The van der Waals surface area contributed by atoms with Crippen LogP contribution < -0.4 is 0 Å². The maximum Gasteiger partial charge on any atom is 0.440 e. The first kappa shape index (κ1) is 10.6. The topological polar surface area (TPSA) is 17.1 Å². The Hall–Kier alpha value is 0.600. The van der Waals surface area contributed by atoms with E-state index in [4.69, 9.17) is 0 Å². The van der Waals surface area contributed by atoms with Crippen LogP contribution in [0, 0.1) is 0 Å². The standard InChI is InChI=1S/C3BrF4IO/c4-1(10)2(5,9)3(6,7)8. The highest BCUT2D eigenvalue weighted by Gasteiger charge is 2.59.